The summed E-state index contributed by atoms with van der Waals surface area (Å²) >= 11 is 0. The van der Waals surface area contributed by atoms with Crippen LogP contribution in [0.4, 0.5) is 11.4 Å². The predicted molar refractivity (Wildman–Crippen MR) is 117 cm³/mol. The van der Waals surface area contributed by atoms with E-state index in [1.807, 2.05) is 60.7 Å². The van der Waals surface area contributed by atoms with Crippen LogP contribution in [0, 0.1) is 5.92 Å². The molecule has 0 aromatic heterocycles. The Morgan fingerprint density at radius 2 is 1.43 bits per heavy atom. The highest BCUT2D eigenvalue weighted by molar-refractivity contribution is 6.06. The first-order valence-corrected chi connectivity index (χ1v) is 10.0. The highest BCUT2D eigenvalue weighted by atomic mass is 16.1. The number of amides is 1. The van der Waals surface area contributed by atoms with Crippen molar-refractivity contribution in [2.45, 2.75) is 19.8 Å². The minimum Gasteiger partial charge on any atom is -0.370 e. The van der Waals surface area contributed by atoms with E-state index in [4.69, 9.17) is 0 Å². The van der Waals surface area contributed by atoms with Crippen molar-refractivity contribution in [2.75, 3.05) is 23.3 Å². The van der Waals surface area contributed by atoms with Crippen molar-refractivity contribution >= 4 is 17.3 Å². The highest BCUT2D eigenvalue weighted by Crippen LogP contribution is 2.30. The Labute approximate surface area is 167 Å². The van der Waals surface area contributed by atoms with Gasteiger partial charge in [0, 0.05) is 18.7 Å². The van der Waals surface area contributed by atoms with E-state index in [1.54, 1.807) is 0 Å². The van der Waals surface area contributed by atoms with Gasteiger partial charge in [0.25, 0.3) is 5.91 Å². The van der Waals surface area contributed by atoms with Crippen LogP contribution in [0.15, 0.2) is 78.9 Å². The number of benzene rings is 3. The van der Waals surface area contributed by atoms with Crippen molar-refractivity contribution in [3.8, 4) is 11.1 Å². The van der Waals surface area contributed by atoms with Crippen LogP contribution in [0.25, 0.3) is 11.1 Å². The van der Waals surface area contributed by atoms with Gasteiger partial charge in [-0.2, -0.15) is 0 Å². The minimum atomic E-state index is -0.0718. The molecule has 28 heavy (non-hydrogen) atoms. The summed E-state index contributed by atoms with van der Waals surface area (Å²) in [6.07, 6.45) is 2.40. The van der Waals surface area contributed by atoms with Crippen LogP contribution in [-0.2, 0) is 0 Å². The maximum Gasteiger partial charge on any atom is 0.255 e. The summed E-state index contributed by atoms with van der Waals surface area (Å²) in [5, 5.41) is 3.11. The van der Waals surface area contributed by atoms with Crippen molar-refractivity contribution in [1.29, 1.82) is 0 Å². The molecule has 1 heterocycles. The fourth-order valence-corrected chi connectivity index (χ4v) is 3.74. The highest BCUT2D eigenvalue weighted by Gasteiger charge is 2.19. The molecule has 142 valence electrons. The molecule has 3 heteroatoms. The Morgan fingerprint density at radius 1 is 0.821 bits per heavy atom. The zero-order chi connectivity index (χ0) is 19.3. The van der Waals surface area contributed by atoms with Crippen LogP contribution < -0.4 is 10.2 Å². The molecule has 3 aromatic rings. The normalized spacial score (nSPS) is 14.7. The van der Waals surface area contributed by atoms with Gasteiger partial charge < -0.3 is 10.2 Å². The van der Waals surface area contributed by atoms with Crippen LogP contribution >= 0.6 is 0 Å². The Kier molecular flexibility index (Phi) is 5.43. The molecular formula is C25H26N2O. The van der Waals surface area contributed by atoms with Gasteiger partial charge in [-0.25, -0.2) is 0 Å². The molecule has 1 aliphatic rings. The lowest BCUT2D eigenvalue weighted by molar-refractivity contribution is 0.102. The van der Waals surface area contributed by atoms with Gasteiger partial charge in [-0.3, -0.25) is 4.79 Å². The van der Waals surface area contributed by atoms with Gasteiger partial charge in [0.2, 0.25) is 0 Å². The summed E-state index contributed by atoms with van der Waals surface area (Å²) in [5.41, 5.74) is 4.93. The third-order valence-corrected chi connectivity index (χ3v) is 5.53. The lowest BCUT2D eigenvalue weighted by Crippen LogP contribution is -2.33. The third-order valence-electron chi connectivity index (χ3n) is 5.53. The zero-order valence-corrected chi connectivity index (χ0v) is 16.3. The second kappa shape index (κ2) is 8.30. The number of nitrogens with one attached hydrogen (secondary N) is 1. The van der Waals surface area contributed by atoms with Crippen molar-refractivity contribution in [2.24, 2.45) is 5.92 Å². The summed E-state index contributed by atoms with van der Waals surface area (Å²) in [7, 11) is 0. The maximum absolute atomic E-state index is 12.8. The smallest absolute Gasteiger partial charge is 0.255 e. The summed E-state index contributed by atoms with van der Waals surface area (Å²) in [6, 6.07) is 26.1. The molecule has 3 aromatic carbocycles. The lowest BCUT2D eigenvalue weighted by atomic mass is 9.98. The van der Waals surface area contributed by atoms with E-state index < -0.39 is 0 Å². The van der Waals surface area contributed by atoms with E-state index in [9.17, 15) is 4.79 Å². The van der Waals surface area contributed by atoms with Gasteiger partial charge in [0.1, 0.15) is 0 Å². The fraction of sp³-hybridized carbons (Fsp3) is 0.240. The Morgan fingerprint density at radius 3 is 2.14 bits per heavy atom. The molecule has 1 saturated heterocycles. The zero-order valence-electron chi connectivity index (χ0n) is 16.3. The molecule has 0 atom stereocenters. The van der Waals surface area contributed by atoms with Crippen LogP contribution in [0.3, 0.4) is 0 Å². The topological polar surface area (TPSA) is 32.3 Å². The van der Waals surface area contributed by atoms with Crippen molar-refractivity contribution in [1.82, 2.24) is 0 Å². The third kappa shape index (κ3) is 4.09. The molecule has 0 aliphatic carbocycles. The second-order valence-electron chi connectivity index (χ2n) is 7.58. The number of hydrogen-bond acceptors (Lipinski definition) is 2. The molecule has 0 spiro atoms. The average molecular weight is 370 g/mol. The van der Waals surface area contributed by atoms with Crippen LogP contribution in [0.2, 0.25) is 0 Å². The maximum atomic E-state index is 12.8. The Hall–Kier alpha value is -3.07. The van der Waals surface area contributed by atoms with Gasteiger partial charge in [-0.1, -0.05) is 61.5 Å². The fourth-order valence-electron chi connectivity index (χ4n) is 3.74. The van der Waals surface area contributed by atoms with Crippen LogP contribution in [0.1, 0.15) is 30.1 Å². The van der Waals surface area contributed by atoms with Gasteiger partial charge >= 0.3 is 0 Å². The number of hydrogen-bond donors (Lipinski definition) is 1. The summed E-state index contributed by atoms with van der Waals surface area (Å²) in [5.74, 6) is 0.707. The molecular weight excluding hydrogens is 344 g/mol. The standard InChI is InChI=1S/C25H26N2O/c1-19-15-17-27(18-16-19)24-10-6-5-9-23(24)26-25(28)22-13-11-21(12-14-22)20-7-3-2-4-8-20/h2-14,19H,15-18H2,1H3,(H,26,28). The van der Waals surface area contributed by atoms with E-state index in [0.29, 0.717) is 5.56 Å². The molecule has 0 bridgehead atoms. The lowest BCUT2D eigenvalue weighted by Gasteiger charge is -2.33. The van der Waals surface area contributed by atoms with E-state index >= 15 is 0 Å². The molecule has 1 fully saturated rings. The van der Waals surface area contributed by atoms with Crippen molar-refractivity contribution in [3.05, 3.63) is 84.4 Å². The first-order chi connectivity index (χ1) is 13.7. The van der Waals surface area contributed by atoms with Gasteiger partial charge in [-0.15, -0.1) is 0 Å². The summed E-state index contributed by atoms with van der Waals surface area (Å²) < 4.78 is 0. The molecule has 0 saturated carbocycles. The van der Waals surface area contributed by atoms with Crippen molar-refractivity contribution < 1.29 is 4.79 Å². The predicted octanol–water partition coefficient (Wildman–Crippen LogP) is 5.84. The van der Waals surface area contributed by atoms with E-state index in [0.717, 1.165) is 41.5 Å². The van der Waals surface area contributed by atoms with Gasteiger partial charge in [0.05, 0.1) is 11.4 Å². The number of anilines is 2. The van der Waals surface area contributed by atoms with E-state index in [2.05, 4.69) is 35.3 Å². The molecule has 0 unspecified atom stereocenters. The molecule has 1 amide bonds. The largest absolute Gasteiger partial charge is 0.370 e. The number of carbonyl (C=O) groups excluding carboxylic acids is 1. The molecule has 1 aliphatic heterocycles. The van der Waals surface area contributed by atoms with Gasteiger partial charge in [0.15, 0.2) is 0 Å². The summed E-state index contributed by atoms with van der Waals surface area (Å²) in [6.45, 7) is 4.39. The average Bonchev–Trinajstić information content (AvgIpc) is 2.75. The van der Waals surface area contributed by atoms with E-state index in [1.165, 1.54) is 12.8 Å². The number of piperidine rings is 1. The number of carbonyl (C=O) groups is 1. The number of para-hydroxylation sites is 2. The summed E-state index contributed by atoms with van der Waals surface area (Å²) in [4.78, 5) is 15.2. The first-order valence-electron chi connectivity index (χ1n) is 10.0. The number of nitrogens with zero attached hydrogens (tertiary/aromatic N) is 1. The van der Waals surface area contributed by atoms with Crippen LogP contribution in [0.5, 0.6) is 0 Å². The molecule has 4 rings (SSSR count). The monoisotopic (exact) mass is 370 g/mol. The van der Waals surface area contributed by atoms with Gasteiger partial charge in [-0.05, 0) is 54.2 Å². The van der Waals surface area contributed by atoms with Crippen LogP contribution in [-0.4, -0.2) is 19.0 Å². The minimum absolute atomic E-state index is 0.0718. The SMILES string of the molecule is CC1CCN(c2ccccc2NC(=O)c2ccc(-c3ccccc3)cc2)CC1. The Bertz CT molecular complexity index is 926. The molecule has 0 radical (unpaired) electrons. The Balaban J connectivity index is 1.50. The molecule has 3 nitrogen and oxygen atoms in total. The number of rotatable bonds is 4. The molecule has 1 N–H and O–H groups in total. The quantitative estimate of drug-likeness (QED) is 0.625. The van der Waals surface area contributed by atoms with Crippen molar-refractivity contribution in [3.63, 3.8) is 0 Å². The first kappa shape index (κ1) is 18.3. The second-order valence-corrected chi connectivity index (χ2v) is 7.58. The van der Waals surface area contributed by atoms with E-state index in [-0.39, 0.29) is 5.91 Å².